The normalized spacial score (nSPS) is 10.7. The molecule has 0 saturated carbocycles. The van der Waals surface area contributed by atoms with Crippen molar-refractivity contribution in [1.29, 1.82) is 0 Å². The van der Waals surface area contributed by atoms with Gasteiger partial charge < -0.3 is 9.30 Å². The first-order valence-corrected chi connectivity index (χ1v) is 8.89. The maximum Gasteiger partial charge on any atom is 0.253 e. The Hall–Kier alpha value is -1.20. The fraction of sp³-hybridized carbons (Fsp3) is 0.312. The molecule has 0 unspecified atom stereocenters. The number of benzene rings is 1. The van der Waals surface area contributed by atoms with Gasteiger partial charge in [-0.2, -0.15) is 0 Å². The molecule has 0 fully saturated rings. The largest absolute Gasteiger partial charge is 0.483 e. The molecule has 0 spiro atoms. The third-order valence-electron chi connectivity index (χ3n) is 3.24. The number of halogens is 1. The monoisotopic (exact) mass is 367 g/mol. The van der Waals surface area contributed by atoms with Crippen molar-refractivity contribution in [2.75, 3.05) is 12.2 Å². The summed E-state index contributed by atoms with van der Waals surface area (Å²) in [6, 6.07) is 9.71. The van der Waals surface area contributed by atoms with Crippen LogP contribution in [0.1, 0.15) is 12.5 Å². The fourth-order valence-electron chi connectivity index (χ4n) is 2.16. The summed E-state index contributed by atoms with van der Waals surface area (Å²) in [4.78, 5) is 12.2. The number of ether oxygens (including phenoxy) is 1. The van der Waals surface area contributed by atoms with Crippen LogP contribution in [-0.2, 0) is 6.54 Å². The van der Waals surface area contributed by atoms with Gasteiger partial charge in [0.1, 0.15) is 11.7 Å². The third kappa shape index (κ3) is 3.52. The molecule has 0 aliphatic heterocycles. The van der Waals surface area contributed by atoms with Gasteiger partial charge in [0.15, 0.2) is 0 Å². The molecule has 1 aromatic heterocycles. The van der Waals surface area contributed by atoms with Crippen LogP contribution in [0.15, 0.2) is 39.6 Å². The van der Waals surface area contributed by atoms with Crippen LogP contribution in [0.2, 0.25) is 0 Å². The molecule has 5 heteroatoms. The van der Waals surface area contributed by atoms with Gasteiger partial charge >= 0.3 is 0 Å². The molecule has 0 radical (unpaired) electrons. The van der Waals surface area contributed by atoms with Crippen molar-refractivity contribution in [3.05, 3.63) is 50.7 Å². The number of aromatic nitrogens is 1. The Kier molecular flexibility index (Phi) is 5.53. The van der Waals surface area contributed by atoms with Crippen LogP contribution in [-0.4, -0.2) is 16.8 Å². The van der Waals surface area contributed by atoms with Crippen LogP contribution in [0.4, 0.5) is 0 Å². The number of thioether (sulfide) groups is 1. The molecule has 1 heterocycles. The molecule has 1 aromatic carbocycles. The van der Waals surface area contributed by atoms with E-state index < -0.39 is 0 Å². The van der Waals surface area contributed by atoms with Gasteiger partial charge in [-0.05, 0) is 60.3 Å². The Bertz CT molecular complexity index is 697. The zero-order valence-electron chi connectivity index (χ0n) is 12.4. The molecule has 0 N–H and O–H groups in total. The first-order valence-electron chi connectivity index (χ1n) is 6.70. The van der Waals surface area contributed by atoms with Crippen LogP contribution >= 0.6 is 27.7 Å². The summed E-state index contributed by atoms with van der Waals surface area (Å²) in [7, 11) is 0. The lowest BCUT2D eigenvalue weighted by atomic mass is 10.1. The van der Waals surface area contributed by atoms with Crippen LogP contribution in [0, 0.1) is 6.92 Å². The van der Waals surface area contributed by atoms with Crippen molar-refractivity contribution in [1.82, 2.24) is 4.57 Å². The van der Waals surface area contributed by atoms with Gasteiger partial charge in [-0.1, -0.05) is 6.07 Å². The average molecular weight is 368 g/mol. The van der Waals surface area contributed by atoms with E-state index in [4.69, 9.17) is 4.74 Å². The summed E-state index contributed by atoms with van der Waals surface area (Å²) in [5, 5.41) is 0. The van der Waals surface area contributed by atoms with Crippen LogP contribution in [0.5, 0.6) is 5.75 Å². The second-order valence-corrected chi connectivity index (χ2v) is 6.31. The van der Waals surface area contributed by atoms with E-state index in [2.05, 4.69) is 15.9 Å². The quantitative estimate of drug-likeness (QED) is 0.738. The molecule has 112 valence electrons. The van der Waals surface area contributed by atoms with E-state index in [1.807, 2.05) is 50.4 Å². The number of hydrogen-bond acceptors (Lipinski definition) is 3. The van der Waals surface area contributed by atoms with Crippen molar-refractivity contribution in [3.63, 3.8) is 0 Å². The average Bonchev–Trinajstić information content (AvgIpc) is 2.48. The lowest BCUT2D eigenvalue weighted by molar-refractivity contribution is 0.393. The first-order chi connectivity index (χ1) is 10.1. The summed E-state index contributed by atoms with van der Waals surface area (Å²) in [6.07, 6.45) is 2.00. The Balaban J connectivity index is 2.48. The molecule has 0 atom stereocenters. The number of hydrogen-bond donors (Lipinski definition) is 0. The maximum atomic E-state index is 12.2. The lowest BCUT2D eigenvalue weighted by Crippen LogP contribution is -2.22. The zero-order valence-corrected chi connectivity index (χ0v) is 14.8. The van der Waals surface area contributed by atoms with E-state index in [0.29, 0.717) is 12.5 Å². The molecular weight excluding hydrogens is 350 g/mol. The Morgan fingerprint density at radius 3 is 2.67 bits per heavy atom. The molecule has 0 aliphatic rings. The van der Waals surface area contributed by atoms with Gasteiger partial charge in [0.25, 0.3) is 5.56 Å². The molecule has 0 saturated heterocycles. The number of rotatable bonds is 5. The van der Waals surface area contributed by atoms with Crippen LogP contribution < -0.4 is 10.3 Å². The highest BCUT2D eigenvalue weighted by Gasteiger charge is 2.11. The first kappa shape index (κ1) is 16.2. The number of aryl methyl sites for hydroxylation is 1. The highest BCUT2D eigenvalue weighted by molar-refractivity contribution is 9.10. The summed E-state index contributed by atoms with van der Waals surface area (Å²) in [5.41, 5.74) is 2.73. The van der Waals surface area contributed by atoms with Gasteiger partial charge in [0, 0.05) is 22.1 Å². The molecule has 21 heavy (non-hydrogen) atoms. The molecule has 3 nitrogen and oxygen atoms in total. The number of nitrogens with zero attached hydrogens (tertiary/aromatic N) is 1. The van der Waals surface area contributed by atoms with Crippen molar-refractivity contribution in [3.8, 4) is 17.0 Å². The topological polar surface area (TPSA) is 31.2 Å². The second kappa shape index (κ2) is 7.18. The van der Waals surface area contributed by atoms with Crippen LogP contribution in [0.25, 0.3) is 11.3 Å². The maximum absolute atomic E-state index is 12.2. The minimum atomic E-state index is 0.0598. The minimum absolute atomic E-state index is 0.0598. The van der Waals surface area contributed by atoms with E-state index in [-0.39, 0.29) is 5.56 Å². The van der Waals surface area contributed by atoms with E-state index in [0.717, 1.165) is 27.0 Å². The van der Waals surface area contributed by atoms with Crippen molar-refractivity contribution in [2.45, 2.75) is 20.4 Å². The van der Waals surface area contributed by atoms with E-state index in [9.17, 15) is 4.79 Å². The molecule has 0 aliphatic carbocycles. The Morgan fingerprint density at radius 2 is 2.05 bits per heavy atom. The smallest absolute Gasteiger partial charge is 0.253 e. The summed E-state index contributed by atoms with van der Waals surface area (Å²) >= 11 is 5.21. The predicted octanol–water partition coefficient (Wildman–Crippen LogP) is 4.31. The second-order valence-electron chi connectivity index (χ2n) is 4.64. The Morgan fingerprint density at radius 1 is 1.29 bits per heavy atom. The van der Waals surface area contributed by atoms with Crippen LogP contribution in [0.3, 0.4) is 0 Å². The molecule has 0 bridgehead atoms. The summed E-state index contributed by atoms with van der Waals surface area (Å²) in [6.45, 7) is 4.47. The highest BCUT2D eigenvalue weighted by atomic mass is 79.9. The SMILES string of the molecule is CCn1c(-c2ccc(OCSC)cc2Br)ccc(C)c1=O. The van der Waals surface area contributed by atoms with Gasteiger partial charge in [-0.25, -0.2) is 0 Å². The number of pyridine rings is 1. The minimum Gasteiger partial charge on any atom is -0.483 e. The molecular formula is C16H18BrNO2S. The molecule has 2 rings (SSSR count). The third-order valence-corrected chi connectivity index (χ3v) is 4.25. The van der Waals surface area contributed by atoms with Crippen molar-refractivity contribution < 1.29 is 4.74 Å². The van der Waals surface area contributed by atoms with Gasteiger partial charge in [0.05, 0.1) is 5.69 Å². The molecule has 0 amide bonds. The fourth-order valence-corrected chi connectivity index (χ4v) is 2.97. The van der Waals surface area contributed by atoms with Gasteiger partial charge in [-0.3, -0.25) is 4.79 Å². The molecule has 2 aromatic rings. The van der Waals surface area contributed by atoms with E-state index >= 15 is 0 Å². The zero-order chi connectivity index (χ0) is 15.4. The predicted molar refractivity (Wildman–Crippen MR) is 93.3 cm³/mol. The summed E-state index contributed by atoms with van der Waals surface area (Å²) in [5.74, 6) is 1.44. The van der Waals surface area contributed by atoms with Crippen molar-refractivity contribution in [2.24, 2.45) is 0 Å². The lowest BCUT2D eigenvalue weighted by Gasteiger charge is -2.14. The standard InChI is InChI=1S/C16H18BrNO2S/c1-4-18-15(8-5-11(2)16(18)19)13-7-6-12(9-14(13)17)20-10-21-3/h5-9H,4,10H2,1-3H3. The Labute approximate surface area is 137 Å². The van der Waals surface area contributed by atoms with E-state index in [1.165, 1.54) is 0 Å². The van der Waals surface area contributed by atoms with Gasteiger partial charge in [0.2, 0.25) is 0 Å². The summed E-state index contributed by atoms with van der Waals surface area (Å²) < 4.78 is 8.30. The highest BCUT2D eigenvalue weighted by Crippen LogP contribution is 2.31. The van der Waals surface area contributed by atoms with E-state index in [1.54, 1.807) is 16.3 Å². The van der Waals surface area contributed by atoms with Gasteiger partial charge in [-0.15, -0.1) is 11.8 Å². The van der Waals surface area contributed by atoms with Crippen molar-refractivity contribution >= 4 is 27.7 Å².